The Morgan fingerprint density at radius 1 is 1.30 bits per heavy atom. The van der Waals surface area contributed by atoms with Crippen LogP contribution in [-0.4, -0.2) is 44.7 Å². The van der Waals surface area contributed by atoms with E-state index in [9.17, 15) is 9.90 Å². The molecule has 1 rings (SSSR count). The van der Waals surface area contributed by atoms with Crippen LogP contribution in [0, 0.1) is 11.8 Å². The summed E-state index contributed by atoms with van der Waals surface area (Å²) in [5.41, 5.74) is 2.42. The molecule has 0 radical (unpaired) electrons. The van der Waals surface area contributed by atoms with Crippen molar-refractivity contribution in [3.63, 3.8) is 0 Å². The molecule has 0 amide bonds. The van der Waals surface area contributed by atoms with Crippen molar-refractivity contribution in [3.8, 4) is 5.75 Å². The summed E-state index contributed by atoms with van der Waals surface area (Å²) in [6, 6.07) is 5.92. The van der Waals surface area contributed by atoms with Gasteiger partial charge in [0.15, 0.2) is 6.79 Å². The summed E-state index contributed by atoms with van der Waals surface area (Å²) in [5.74, 6) is 0.916. The summed E-state index contributed by atoms with van der Waals surface area (Å²) in [5, 5.41) is 9.60. The first-order valence-corrected chi connectivity index (χ1v) is 10.3. The van der Waals surface area contributed by atoms with Crippen LogP contribution >= 0.6 is 0 Å². The van der Waals surface area contributed by atoms with Gasteiger partial charge in [-0.3, -0.25) is 4.79 Å². The van der Waals surface area contributed by atoms with Crippen molar-refractivity contribution < 1.29 is 24.1 Å². The molecule has 0 aliphatic rings. The van der Waals surface area contributed by atoms with E-state index < -0.39 is 0 Å². The maximum atomic E-state index is 12.1. The predicted octanol–water partition coefficient (Wildman–Crippen LogP) is 4.89. The van der Waals surface area contributed by atoms with Gasteiger partial charge in [0, 0.05) is 25.8 Å². The number of rotatable bonds is 12. The normalized spacial score (nSPS) is 14.6. The fraction of sp³-hybridized carbons (Fsp3) is 0.542. The van der Waals surface area contributed by atoms with Gasteiger partial charge in [0.1, 0.15) is 11.5 Å². The Kier molecular flexibility index (Phi) is 10.5. The fourth-order valence-electron chi connectivity index (χ4n) is 3.29. The Morgan fingerprint density at radius 2 is 1.97 bits per heavy atom. The van der Waals surface area contributed by atoms with Crippen molar-refractivity contribution >= 4 is 11.7 Å². The topological polar surface area (TPSA) is 68.2 Å². The number of aliphatic hydroxyl groups is 1. The van der Waals surface area contributed by atoms with Crippen molar-refractivity contribution in [1.82, 2.24) is 0 Å². The van der Waals surface area contributed by atoms with Gasteiger partial charge in [-0.25, -0.2) is 0 Å². The first-order valence-electron chi connectivity index (χ1n) is 10.3. The van der Waals surface area contributed by atoms with Gasteiger partial charge in [0.2, 0.25) is 0 Å². The number of benzene rings is 1. The van der Waals surface area contributed by atoms with Crippen LogP contribution in [0.3, 0.4) is 0 Å². The van der Waals surface area contributed by atoms with E-state index in [-0.39, 0.29) is 42.8 Å². The molecule has 0 heterocycles. The van der Waals surface area contributed by atoms with E-state index in [1.54, 1.807) is 14.0 Å². The van der Waals surface area contributed by atoms with Gasteiger partial charge in [-0.05, 0) is 44.2 Å². The molecule has 168 valence electrons. The highest BCUT2D eigenvalue weighted by Crippen LogP contribution is 2.35. The Bertz CT molecular complexity index is 743. The van der Waals surface area contributed by atoms with Crippen molar-refractivity contribution in [1.29, 1.82) is 0 Å². The number of anilines is 1. The summed E-state index contributed by atoms with van der Waals surface area (Å²) >= 11 is 0. The maximum Gasteiger partial charge on any atom is 0.310 e. The molecule has 0 spiro atoms. The molecule has 1 aromatic carbocycles. The first-order chi connectivity index (χ1) is 14.1. The van der Waals surface area contributed by atoms with Crippen LogP contribution in [0.1, 0.15) is 40.2 Å². The predicted molar refractivity (Wildman–Crippen MR) is 121 cm³/mol. The van der Waals surface area contributed by atoms with Crippen molar-refractivity contribution in [2.45, 2.75) is 47.1 Å². The van der Waals surface area contributed by atoms with E-state index in [1.165, 1.54) is 0 Å². The summed E-state index contributed by atoms with van der Waals surface area (Å²) in [6.45, 7) is 14.1. The molecule has 0 aliphatic carbocycles. The number of carbonyl (C=O) groups is 1. The highest BCUT2D eigenvalue weighted by molar-refractivity contribution is 5.76. The van der Waals surface area contributed by atoms with E-state index >= 15 is 0 Å². The first kappa shape index (κ1) is 25.6. The Balaban J connectivity index is 3.19. The van der Waals surface area contributed by atoms with Crippen LogP contribution in [0.25, 0.3) is 0 Å². The Labute approximate surface area is 181 Å². The molecule has 0 aliphatic heterocycles. The Hall–Kier alpha value is -2.47. The van der Waals surface area contributed by atoms with E-state index in [0.29, 0.717) is 12.4 Å². The van der Waals surface area contributed by atoms with E-state index in [1.807, 2.05) is 38.2 Å². The number of hydrogen-bond acceptors (Lipinski definition) is 6. The second-order valence-corrected chi connectivity index (χ2v) is 7.66. The summed E-state index contributed by atoms with van der Waals surface area (Å²) < 4.78 is 16.1. The highest BCUT2D eigenvalue weighted by atomic mass is 16.7. The zero-order valence-corrected chi connectivity index (χ0v) is 19.4. The number of hydrogen-bond donors (Lipinski definition) is 1. The molecule has 3 atom stereocenters. The molecule has 30 heavy (non-hydrogen) atoms. The minimum Gasteiger partial charge on any atom is -0.508 e. The molecule has 1 unspecified atom stereocenters. The molecule has 0 bridgehead atoms. The molecule has 0 fully saturated rings. The van der Waals surface area contributed by atoms with Crippen molar-refractivity contribution in [2.24, 2.45) is 11.8 Å². The zero-order chi connectivity index (χ0) is 22.8. The third kappa shape index (κ3) is 7.10. The van der Waals surface area contributed by atoms with Crippen LogP contribution < -0.4 is 9.64 Å². The second kappa shape index (κ2) is 12.3. The highest BCUT2D eigenvalue weighted by Gasteiger charge is 2.25. The molecular weight excluding hydrogens is 382 g/mol. The van der Waals surface area contributed by atoms with E-state index in [4.69, 9.17) is 14.2 Å². The fourth-order valence-corrected chi connectivity index (χ4v) is 3.29. The smallest absolute Gasteiger partial charge is 0.310 e. The van der Waals surface area contributed by atoms with E-state index in [0.717, 1.165) is 16.8 Å². The molecule has 0 aromatic heterocycles. The lowest BCUT2D eigenvalue weighted by atomic mass is 9.87. The number of para-hydroxylation sites is 1. The summed E-state index contributed by atoms with van der Waals surface area (Å²) in [6.07, 6.45) is 2.17. The van der Waals surface area contributed by atoms with Gasteiger partial charge in [-0.15, -0.1) is 0 Å². The zero-order valence-electron chi connectivity index (χ0n) is 19.4. The molecular formula is C24H37NO5. The molecule has 0 saturated carbocycles. The molecule has 6 heteroatoms. The molecule has 6 nitrogen and oxygen atoms in total. The van der Waals surface area contributed by atoms with Gasteiger partial charge in [-0.2, -0.15) is 0 Å². The van der Waals surface area contributed by atoms with Gasteiger partial charge in [0.05, 0.1) is 18.7 Å². The molecule has 1 N–H and O–H groups in total. The van der Waals surface area contributed by atoms with Crippen LogP contribution in [0.2, 0.25) is 0 Å². The number of nitrogens with zero attached hydrogens (tertiary/aromatic N) is 1. The lowest BCUT2D eigenvalue weighted by Gasteiger charge is -2.35. The van der Waals surface area contributed by atoms with Gasteiger partial charge < -0.3 is 24.2 Å². The van der Waals surface area contributed by atoms with Gasteiger partial charge >= 0.3 is 5.97 Å². The van der Waals surface area contributed by atoms with Crippen LogP contribution in [0.4, 0.5) is 5.69 Å². The third-order valence-corrected chi connectivity index (χ3v) is 5.59. The van der Waals surface area contributed by atoms with Crippen LogP contribution in [0.15, 0.2) is 42.2 Å². The SMILES string of the molecule is C=C(O)/C(C)=C\C(C)[C@H](C)[C@H](C)N(C)c1cccc(CC(=O)OCC)c1OCOC. The summed E-state index contributed by atoms with van der Waals surface area (Å²) in [7, 11) is 3.58. The third-order valence-electron chi connectivity index (χ3n) is 5.59. The van der Waals surface area contributed by atoms with Crippen molar-refractivity contribution in [2.75, 3.05) is 32.5 Å². The summed E-state index contributed by atoms with van der Waals surface area (Å²) in [4.78, 5) is 14.2. The minimum absolute atomic E-state index is 0.0849. The van der Waals surface area contributed by atoms with Crippen LogP contribution in [-0.2, 0) is 20.7 Å². The van der Waals surface area contributed by atoms with E-state index in [2.05, 4.69) is 32.3 Å². The van der Waals surface area contributed by atoms with Crippen LogP contribution in [0.5, 0.6) is 5.75 Å². The number of allylic oxidation sites excluding steroid dienone is 2. The number of ether oxygens (including phenoxy) is 3. The number of esters is 1. The monoisotopic (exact) mass is 419 g/mol. The molecule has 0 saturated heterocycles. The minimum atomic E-state index is -0.292. The number of carbonyl (C=O) groups excluding carboxylic acids is 1. The largest absolute Gasteiger partial charge is 0.508 e. The number of aliphatic hydroxyl groups excluding tert-OH is 1. The quantitative estimate of drug-likeness (QED) is 0.225. The second-order valence-electron chi connectivity index (χ2n) is 7.66. The van der Waals surface area contributed by atoms with Gasteiger partial charge in [-0.1, -0.05) is 38.6 Å². The average Bonchev–Trinajstić information content (AvgIpc) is 2.70. The van der Waals surface area contributed by atoms with Gasteiger partial charge in [0.25, 0.3) is 0 Å². The average molecular weight is 420 g/mol. The standard InChI is InChI=1S/C24H37NO5/c1-9-29-23(27)14-21-11-10-12-22(24(21)30-15-28-8)25(7)19(5)18(4)16(2)13-17(3)20(6)26/h10-13,16,18-19,26H,6,9,14-15H2,1-5,7-8H3/b17-13-/t16?,18-,19-/m0/s1. The maximum absolute atomic E-state index is 12.1. The molecule has 1 aromatic rings. The number of methoxy groups -OCH3 is 1. The Morgan fingerprint density at radius 3 is 2.53 bits per heavy atom. The lowest BCUT2D eigenvalue weighted by molar-refractivity contribution is -0.142. The lowest BCUT2D eigenvalue weighted by Crippen LogP contribution is -2.37. The van der Waals surface area contributed by atoms with Crippen molar-refractivity contribution in [3.05, 3.63) is 47.7 Å².